The largest absolute Gasteiger partial charge is 0.340 e. The summed E-state index contributed by atoms with van der Waals surface area (Å²) in [7, 11) is 0. The Morgan fingerprint density at radius 3 is 2.30 bits per heavy atom. The van der Waals surface area contributed by atoms with Crippen LogP contribution in [0.5, 0.6) is 0 Å². The van der Waals surface area contributed by atoms with E-state index in [4.69, 9.17) is 0 Å². The summed E-state index contributed by atoms with van der Waals surface area (Å²) in [5, 5.41) is 4.53. The van der Waals surface area contributed by atoms with Gasteiger partial charge in [0.2, 0.25) is 5.91 Å². The van der Waals surface area contributed by atoms with Crippen LogP contribution in [0.15, 0.2) is 6.07 Å². The molecule has 1 aromatic heterocycles. The monoisotopic (exact) mass is 320 g/mol. The summed E-state index contributed by atoms with van der Waals surface area (Å²) >= 11 is 0. The van der Waals surface area contributed by atoms with Crippen LogP contribution >= 0.6 is 0 Å². The summed E-state index contributed by atoms with van der Waals surface area (Å²) < 4.78 is 2.03. The maximum atomic E-state index is 12.6. The molecule has 1 aromatic rings. The van der Waals surface area contributed by atoms with E-state index in [0.29, 0.717) is 12.5 Å². The van der Waals surface area contributed by atoms with Crippen molar-refractivity contribution in [3.05, 3.63) is 17.5 Å². The Kier molecular flexibility index (Phi) is 5.50. The van der Waals surface area contributed by atoms with E-state index in [1.165, 1.54) is 0 Å². The molecule has 0 aromatic carbocycles. The van der Waals surface area contributed by atoms with Crippen LogP contribution in [0, 0.1) is 19.3 Å². The first-order chi connectivity index (χ1) is 10.7. The molecule has 0 aliphatic carbocycles. The van der Waals surface area contributed by atoms with Crippen molar-refractivity contribution in [2.24, 2.45) is 5.41 Å². The Hall–Kier alpha value is -1.36. The van der Waals surface area contributed by atoms with Crippen LogP contribution in [0.2, 0.25) is 0 Å². The average molecular weight is 320 g/mol. The number of carbonyl (C=O) groups excluding carboxylic acids is 1. The fraction of sp³-hybridized carbons (Fsp3) is 0.778. The SMILES string of the molecule is Cc1cc(C)n(CC(C)(C)CC(=O)N2CCN(C(C)C)CC2)n1. The lowest BCUT2D eigenvalue weighted by Gasteiger charge is -2.38. The first-order valence-electron chi connectivity index (χ1n) is 8.71. The Labute approximate surface area is 140 Å². The molecule has 0 bridgehead atoms. The van der Waals surface area contributed by atoms with Gasteiger partial charge >= 0.3 is 0 Å². The third-order valence-corrected chi connectivity index (χ3v) is 4.71. The normalized spacial score (nSPS) is 17.1. The van der Waals surface area contributed by atoms with Gasteiger partial charge in [0.05, 0.1) is 5.69 Å². The van der Waals surface area contributed by atoms with E-state index in [0.717, 1.165) is 44.1 Å². The molecule has 1 fully saturated rings. The minimum atomic E-state index is -0.0878. The molecule has 2 heterocycles. The van der Waals surface area contributed by atoms with Crippen molar-refractivity contribution in [3.63, 3.8) is 0 Å². The number of carbonyl (C=O) groups is 1. The first-order valence-corrected chi connectivity index (χ1v) is 8.71. The molecule has 2 rings (SSSR count). The van der Waals surface area contributed by atoms with Gasteiger partial charge in [-0.1, -0.05) is 13.8 Å². The van der Waals surface area contributed by atoms with E-state index in [-0.39, 0.29) is 11.3 Å². The number of nitrogens with zero attached hydrogens (tertiary/aromatic N) is 4. The van der Waals surface area contributed by atoms with E-state index in [9.17, 15) is 4.79 Å². The van der Waals surface area contributed by atoms with Gasteiger partial charge in [0.15, 0.2) is 0 Å². The van der Waals surface area contributed by atoms with Gasteiger partial charge in [-0.2, -0.15) is 5.10 Å². The lowest BCUT2D eigenvalue weighted by molar-refractivity contribution is -0.135. The second-order valence-electron chi connectivity index (χ2n) is 7.94. The summed E-state index contributed by atoms with van der Waals surface area (Å²) in [6.07, 6.45) is 0.576. The second kappa shape index (κ2) is 7.04. The molecule has 0 atom stereocenters. The molecular weight excluding hydrogens is 288 g/mol. The Morgan fingerprint density at radius 2 is 1.83 bits per heavy atom. The fourth-order valence-electron chi connectivity index (χ4n) is 3.31. The van der Waals surface area contributed by atoms with Crippen molar-refractivity contribution in [1.29, 1.82) is 0 Å². The van der Waals surface area contributed by atoms with E-state index >= 15 is 0 Å². The van der Waals surface area contributed by atoms with Crippen LogP contribution in [-0.4, -0.2) is 57.7 Å². The predicted molar refractivity (Wildman–Crippen MR) is 93.4 cm³/mol. The molecule has 1 saturated heterocycles. The topological polar surface area (TPSA) is 41.4 Å². The maximum Gasteiger partial charge on any atom is 0.223 e. The highest BCUT2D eigenvalue weighted by atomic mass is 16.2. The molecule has 1 aliphatic rings. The molecule has 5 nitrogen and oxygen atoms in total. The first kappa shape index (κ1) is 18.0. The van der Waals surface area contributed by atoms with Crippen LogP contribution in [0.1, 0.15) is 45.5 Å². The van der Waals surface area contributed by atoms with Crippen molar-refractivity contribution in [2.45, 2.75) is 60.5 Å². The highest BCUT2D eigenvalue weighted by Crippen LogP contribution is 2.25. The Bertz CT molecular complexity index is 539. The summed E-state index contributed by atoms with van der Waals surface area (Å²) in [6.45, 7) is 17.3. The minimum Gasteiger partial charge on any atom is -0.340 e. The van der Waals surface area contributed by atoms with Gasteiger partial charge in [0.25, 0.3) is 0 Å². The van der Waals surface area contributed by atoms with Crippen molar-refractivity contribution in [2.75, 3.05) is 26.2 Å². The van der Waals surface area contributed by atoms with Crippen LogP contribution < -0.4 is 0 Å². The molecule has 1 aliphatic heterocycles. The van der Waals surface area contributed by atoms with E-state index in [1.807, 2.05) is 16.5 Å². The van der Waals surface area contributed by atoms with Gasteiger partial charge in [-0.05, 0) is 39.2 Å². The number of hydrogen-bond acceptors (Lipinski definition) is 3. The highest BCUT2D eigenvalue weighted by molar-refractivity contribution is 5.77. The van der Waals surface area contributed by atoms with Crippen LogP contribution in [0.25, 0.3) is 0 Å². The maximum absolute atomic E-state index is 12.6. The molecule has 0 unspecified atom stereocenters. The third kappa shape index (κ3) is 4.80. The average Bonchev–Trinajstić information content (AvgIpc) is 2.75. The van der Waals surface area contributed by atoms with Gasteiger partial charge < -0.3 is 4.90 Å². The summed E-state index contributed by atoms with van der Waals surface area (Å²) in [5.74, 6) is 0.278. The summed E-state index contributed by atoms with van der Waals surface area (Å²) in [5.41, 5.74) is 2.11. The van der Waals surface area contributed by atoms with Crippen LogP contribution in [0.4, 0.5) is 0 Å². The number of hydrogen-bond donors (Lipinski definition) is 0. The van der Waals surface area contributed by atoms with Gasteiger partial charge in [0, 0.05) is 50.9 Å². The lowest BCUT2D eigenvalue weighted by atomic mass is 9.88. The fourth-order valence-corrected chi connectivity index (χ4v) is 3.31. The molecular formula is C18H32N4O. The van der Waals surface area contributed by atoms with Crippen molar-refractivity contribution in [3.8, 4) is 0 Å². The zero-order chi connectivity index (χ0) is 17.2. The van der Waals surface area contributed by atoms with E-state index in [2.05, 4.69) is 50.7 Å². The van der Waals surface area contributed by atoms with Gasteiger partial charge in [-0.15, -0.1) is 0 Å². The molecule has 5 heteroatoms. The van der Waals surface area contributed by atoms with Gasteiger partial charge in [-0.25, -0.2) is 0 Å². The zero-order valence-electron chi connectivity index (χ0n) is 15.6. The number of aromatic nitrogens is 2. The number of rotatable bonds is 5. The van der Waals surface area contributed by atoms with Gasteiger partial charge in [0.1, 0.15) is 0 Å². The number of aryl methyl sites for hydroxylation is 2. The number of amides is 1. The van der Waals surface area contributed by atoms with Crippen molar-refractivity contribution in [1.82, 2.24) is 19.6 Å². The van der Waals surface area contributed by atoms with Crippen LogP contribution in [0.3, 0.4) is 0 Å². The molecule has 0 radical (unpaired) electrons. The van der Waals surface area contributed by atoms with Crippen molar-refractivity contribution < 1.29 is 4.79 Å². The smallest absolute Gasteiger partial charge is 0.223 e. The second-order valence-corrected chi connectivity index (χ2v) is 7.94. The Morgan fingerprint density at radius 1 is 1.22 bits per heavy atom. The van der Waals surface area contributed by atoms with Crippen LogP contribution in [-0.2, 0) is 11.3 Å². The van der Waals surface area contributed by atoms with Gasteiger partial charge in [-0.3, -0.25) is 14.4 Å². The van der Waals surface area contributed by atoms with Crippen molar-refractivity contribution >= 4 is 5.91 Å². The molecule has 23 heavy (non-hydrogen) atoms. The molecule has 1 amide bonds. The minimum absolute atomic E-state index is 0.0878. The quantitative estimate of drug-likeness (QED) is 0.837. The lowest BCUT2D eigenvalue weighted by Crippen LogP contribution is -2.51. The van der Waals surface area contributed by atoms with E-state index < -0.39 is 0 Å². The molecule has 0 saturated carbocycles. The molecule has 0 spiro atoms. The zero-order valence-corrected chi connectivity index (χ0v) is 15.6. The standard InChI is InChI=1S/C18H32N4O/c1-14(2)20-7-9-21(10-8-20)17(23)12-18(5,6)13-22-16(4)11-15(3)19-22/h11,14H,7-10,12-13H2,1-6H3. The highest BCUT2D eigenvalue weighted by Gasteiger charge is 2.29. The summed E-state index contributed by atoms with van der Waals surface area (Å²) in [6, 6.07) is 2.65. The third-order valence-electron chi connectivity index (χ3n) is 4.71. The van der Waals surface area contributed by atoms with E-state index in [1.54, 1.807) is 0 Å². The molecule has 0 N–H and O–H groups in total. The molecule has 130 valence electrons. The predicted octanol–water partition coefficient (Wildman–Crippen LogP) is 2.47. The number of piperazine rings is 1. The Balaban J connectivity index is 1.90. The summed E-state index contributed by atoms with van der Waals surface area (Å²) in [4.78, 5) is 17.1.